The zero-order chi connectivity index (χ0) is 18.3. The highest BCUT2D eigenvalue weighted by atomic mass is 35.5. The molecule has 2 fully saturated rings. The van der Waals surface area contributed by atoms with Crippen molar-refractivity contribution in [3.63, 3.8) is 0 Å². The van der Waals surface area contributed by atoms with Gasteiger partial charge in [0.1, 0.15) is 11.5 Å². The minimum Gasteiger partial charge on any atom is -0.455 e. The molecule has 3 atom stereocenters. The number of fused-ring (bicyclic) bond motifs is 1. The number of rotatable bonds is 4. The van der Waals surface area contributed by atoms with Gasteiger partial charge in [0.05, 0.1) is 6.21 Å². The Labute approximate surface area is 158 Å². The van der Waals surface area contributed by atoms with Gasteiger partial charge >= 0.3 is 0 Å². The maximum Gasteiger partial charge on any atom is 0.244 e. The highest BCUT2D eigenvalue weighted by Crippen LogP contribution is 2.66. The van der Waals surface area contributed by atoms with Gasteiger partial charge in [0.2, 0.25) is 5.91 Å². The fraction of sp³-hybridized carbons (Fsp3) is 0.429. The van der Waals surface area contributed by atoms with Crippen LogP contribution in [0.4, 0.5) is 0 Å². The van der Waals surface area contributed by atoms with Crippen molar-refractivity contribution < 1.29 is 9.21 Å². The molecule has 2 aliphatic rings. The molecule has 2 aliphatic carbocycles. The molecular formula is C21H23ClN2O2. The van der Waals surface area contributed by atoms with E-state index in [2.05, 4.69) is 17.5 Å². The van der Waals surface area contributed by atoms with E-state index in [1.165, 1.54) is 19.3 Å². The SMILES string of the molecule is Cc1ccc(Cl)cc1-c1ccc(/C=N\NC(=O)[C@@H]2[C@H]3CCCC[C@@]32C)o1. The van der Waals surface area contributed by atoms with Crippen molar-refractivity contribution >= 4 is 23.7 Å². The molecule has 1 aromatic carbocycles. The topological polar surface area (TPSA) is 54.6 Å². The summed E-state index contributed by atoms with van der Waals surface area (Å²) in [6.07, 6.45) is 6.35. The van der Waals surface area contributed by atoms with Crippen LogP contribution in [0, 0.1) is 24.2 Å². The normalized spacial score (nSPS) is 27.3. The van der Waals surface area contributed by atoms with Gasteiger partial charge in [-0.2, -0.15) is 5.10 Å². The number of hydrazone groups is 1. The Morgan fingerprint density at radius 2 is 2.19 bits per heavy atom. The Morgan fingerprint density at radius 1 is 1.35 bits per heavy atom. The van der Waals surface area contributed by atoms with Gasteiger partial charge in [0.25, 0.3) is 0 Å². The quantitative estimate of drug-likeness (QED) is 0.595. The Balaban J connectivity index is 1.40. The molecule has 0 unspecified atom stereocenters. The molecule has 4 nitrogen and oxygen atoms in total. The maximum atomic E-state index is 12.4. The standard InChI is InChI=1S/C21H23ClN2O2/c1-13-6-7-14(22)11-16(13)18-9-8-15(26-18)12-23-24-20(25)19-17-5-3-4-10-21(17,19)2/h6-9,11-12,17,19H,3-5,10H2,1-2H3,(H,24,25)/b23-12-/t17-,19+,21+/m1/s1. The van der Waals surface area contributed by atoms with Crippen molar-refractivity contribution in [3.8, 4) is 11.3 Å². The average molecular weight is 371 g/mol. The Bertz CT molecular complexity index is 873. The van der Waals surface area contributed by atoms with Gasteiger partial charge in [0, 0.05) is 16.5 Å². The summed E-state index contributed by atoms with van der Waals surface area (Å²) in [5.41, 5.74) is 4.93. The second kappa shape index (κ2) is 6.58. The summed E-state index contributed by atoms with van der Waals surface area (Å²) in [6.45, 7) is 4.24. The zero-order valence-electron chi connectivity index (χ0n) is 15.1. The molecule has 1 N–H and O–H groups in total. The van der Waals surface area contributed by atoms with E-state index in [0.29, 0.717) is 16.7 Å². The van der Waals surface area contributed by atoms with Crippen LogP contribution < -0.4 is 5.43 Å². The first-order valence-electron chi connectivity index (χ1n) is 9.18. The fourth-order valence-electron chi connectivity index (χ4n) is 4.51. The zero-order valence-corrected chi connectivity index (χ0v) is 15.8. The summed E-state index contributed by atoms with van der Waals surface area (Å²) < 4.78 is 5.82. The van der Waals surface area contributed by atoms with Crippen LogP contribution in [0.5, 0.6) is 0 Å². The lowest BCUT2D eigenvalue weighted by atomic mass is 9.90. The molecule has 4 rings (SSSR count). The number of carbonyl (C=O) groups is 1. The summed E-state index contributed by atoms with van der Waals surface area (Å²) >= 11 is 6.08. The minimum absolute atomic E-state index is 0.0353. The van der Waals surface area contributed by atoms with Gasteiger partial charge in [0.15, 0.2) is 0 Å². The number of aryl methyl sites for hydroxylation is 1. The van der Waals surface area contributed by atoms with Gasteiger partial charge in [-0.05, 0) is 60.9 Å². The van der Waals surface area contributed by atoms with E-state index >= 15 is 0 Å². The second-order valence-electron chi connectivity index (χ2n) is 7.73. The molecule has 26 heavy (non-hydrogen) atoms. The third-order valence-corrected chi connectivity index (χ3v) is 6.31. The third kappa shape index (κ3) is 3.07. The first kappa shape index (κ1) is 17.3. The number of carbonyl (C=O) groups excluding carboxylic acids is 1. The molecule has 2 saturated carbocycles. The largest absolute Gasteiger partial charge is 0.455 e. The van der Waals surface area contributed by atoms with E-state index in [9.17, 15) is 4.79 Å². The van der Waals surface area contributed by atoms with E-state index in [1.807, 2.05) is 37.3 Å². The van der Waals surface area contributed by atoms with Crippen molar-refractivity contribution in [2.24, 2.45) is 22.4 Å². The molecular weight excluding hydrogens is 348 g/mol. The van der Waals surface area contributed by atoms with Crippen LogP contribution in [0.3, 0.4) is 0 Å². The monoisotopic (exact) mass is 370 g/mol. The fourth-order valence-corrected chi connectivity index (χ4v) is 4.68. The van der Waals surface area contributed by atoms with Crippen LogP contribution in [0.15, 0.2) is 39.9 Å². The smallest absolute Gasteiger partial charge is 0.244 e. The van der Waals surface area contributed by atoms with Crippen molar-refractivity contribution in [1.29, 1.82) is 0 Å². The molecule has 5 heteroatoms. The average Bonchev–Trinajstić information content (AvgIpc) is 2.98. The predicted octanol–water partition coefficient (Wildman–Crippen LogP) is 5.18. The van der Waals surface area contributed by atoms with Crippen LogP contribution in [-0.2, 0) is 4.79 Å². The van der Waals surface area contributed by atoms with Crippen molar-refractivity contribution in [2.45, 2.75) is 39.5 Å². The first-order valence-corrected chi connectivity index (χ1v) is 9.56. The molecule has 0 saturated heterocycles. The molecule has 1 amide bonds. The number of furan rings is 1. The number of hydrogen-bond acceptors (Lipinski definition) is 3. The number of amides is 1. The van der Waals surface area contributed by atoms with Gasteiger partial charge in [-0.3, -0.25) is 4.79 Å². The van der Waals surface area contributed by atoms with Gasteiger partial charge in [-0.1, -0.05) is 37.4 Å². The molecule has 1 aromatic heterocycles. The van der Waals surface area contributed by atoms with E-state index < -0.39 is 0 Å². The van der Waals surface area contributed by atoms with E-state index in [1.54, 1.807) is 6.21 Å². The van der Waals surface area contributed by atoms with Crippen LogP contribution in [-0.4, -0.2) is 12.1 Å². The lowest BCUT2D eigenvalue weighted by Gasteiger charge is -2.15. The highest BCUT2D eigenvalue weighted by molar-refractivity contribution is 6.30. The van der Waals surface area contributed by atoms with E-state index in [0.717, 1.165) is 23.3 Å². The Hall–Kier alpha value is -2.07. The van der Waals surface area contributed by atoms with Crippen LogP contribution in [0.2, 0.25) is 5.02 Å². The first-order chi connectivity index (χ1) is 12.5. The molecule has 1 heterocycles. The van der Waals surface area contributed by atoms with Gasteiger partial charge in [-0.15, -0.1) is 0 Å². The lowest BCUT2D eigenvalue weighted by Crippen LogP contribution is -2.22. The number of benzene rings is 1. The number of halogens is 1. The minimum atomic E-state index is 0.0353. The summed E-state index contributed by atoms with van der Waals surface area (Å²) in [5, 5.41) is 4.76. The molecule has 136 valence electrons. The molecule has 0 aliphatic heterocycles. The Morgan fingerprint density at radius 3 is 2.96 bits per heavy atom. The summed E-state index contributed by atoms with van der Waals surface area (Å²) in [7, 11) is 0. The maximum absolute atomic E-state index is 12.4. The summed E-state index contributed by atoms with van der Waals surface area (Å²) in [5.74, 6) is 2.02. The van der Waals surface area contributed by atoms with E-state index in [4.69, 9.17) is 16.0 Å². The van der Waals surface area contributed by atoms with E-state index in [-0.39, 0.29) is 17.2 Å². The van der Waals surface area contributed by atoms with Crippen LogP contribution in [0.1, 0.15) is 43.9 Å². The van der Waals surface area contributed by atoms with Crippen molar-refractivity contribution in [2.75, 3.05) is 0 Å². The summed E-state index contributed by atoms with van der Waals surface area (Å²) in [4.78, 5) is 12.4. The van der Waals surface area contributed by atoms with Crippen LogP contribution >= 0.6 is 11.6 Å². The van der Waals surface area contributed by atoms with Crippen molar-refractivity contribution in [3.05, 3.63) is 46.7 Å². The van der Waals surface area contributed by atoms with Gasteiger partial charge < -0.3 is 4.42 Å². The van der Waals surface area contributed by atoms with Gasteiger partial charge in [-0.25, -0.2) is 5.43 Å². The molecule has 2 aromatic rings. The summed E-state index contributed by atoms with van der Waals surface area (Å²) in [6, 6.07) is 9.43. The second-order valence-corrected chi connectivity index (χ2v) is 8.17. The molecule has 0 bridgehead atoms. The number of nitrogens with one attached hydrogen (secondary N) is 1. The van der Waals surface area contributed by atoms with Crippen LogP contribution in [0.25, 0.3) is 11.3 Å². The number of nitrogens with zero attached hydrogens (tertiary/aromatic N) is 1. The molecule has 0 radical (unpaired) electrons. The predicted molar refractivity (Wildman–Crippen MR) is 103 cm³/mol. The molecule has 0 spiro atoms. The number of hydrogen-bond donors (Lipinski definition) is 1. The highest BCUT2D eigenvalue weighted by Gasteiger charge is 2.64. The third-order valence-electron chi connectivity index (χ3n) is 6.07. The van der Waals surface area contributed by atoms with Crippen molar-refractivity contribution in [1.82, 2.24) is 5.43 Å². The lowest BCUT2D eigenvalue weighted by molar-refractivity contribution is -0.123. The Kier molecular flexibility index (Phi) is 4.39.